The Labute approximate surface area is 111 Å². The summed E-state index contributed by atoms with van der Waals surface area (Å²) < 4.78 is 0.190. The van der Waals surface area contributed by atoms with Crippen LogP contribution in [0.25, 0.3) is 0 Å². The Morgan fingerprint density at radius 3 is 1.75 bits per heavy atom. The molecule has 0 aromatic carbocycles. The Kier molecular flexibility index (Phi) is 9.73. The third-order valence-electron chi connectivity index (χ3n) is 3.42. The quantitative estimate of drug-likeness (QED) is 0.304. The van der Waals surface area contributed by atoms with E-state index in [0.29, 0.717) is 0 Å². The van der Waals surface area contributed by atoms with Crippen molar-refractivity contribution in [1.29, 1.82) is 0 Å². The van der Waals surface area contributed by atoms with Crippen LogP contribution < -0.4 is 0 Å². The molecule has 0 fully saturated rings. The van der Waals surface area contributed by atoms with Gasteiger partial charge in [-0.1, -0.05) is 74.2 Å². The van der Waals surface area contributed by atoms with Crippen molar-refractivity contribution in [2.24, 2.45) is 0 Å². The van der Waals surface area contributed by atoms with Crippen molar-refractivity contribution in [1.82, 2.24) is 4.90 Å². The molecule has 0 aliphatic carbocycles. The van der Waals surface area contributed by atoms with Gasteiger partial charge in [-0.3, -0.25) is 4.90 Å². The SMILES string of the molecule is CCCCCCCCCCC(C)(Br)N(C)C. The summed E-state index contributed by atoms with van der Waals surface area (Å²) >= 11 is 3.78. The lowest BCUT2D eigenvalue weighted by Gasteiger charge is -2.30. The molecule has 0 saturated heterocycles. The second-order valence-corrected chi connectivity index (χ2v) is 6.97. The molecule has 0 rings (SSSR count). The van der Waals surface area contributed by atoms with E-state index in [1.165, 1.54) is 57.8 Å². The summed E-state index contributed by atoms with van der Waals surface area (Å²) in [6.45, 7) is 4.53. The first-order valence-electron chi connectivity index (χ1n) is 6.87. The molecule has 0 aromatic heterocycles. The van der Waals surface area contributed by atoms with Crippen molar-refractivity contribution in [3.63, 3.8) is 0 Å². The topological polar surface area (TPSA) is 3.24 Å². The number of hydrogen-bond acceptors (Lipinski definition) is 1. The number of hydrogen-bond donors (Lipinski definition) is 0. The Balaban J connectivity index is 3.27. The van der Waals surface area contributed by atoms with Gasteiger partial charge >= 0.3 is 0 Å². The number of rotatable bonds is 10. The number of unbranched alkanes of at least 4 members (excludes halogenated alkanes) is 7. The van der Waals surface area contributed by atoms with Crippen molar-refractivity contribution in [3.8, 4) is 0 Å². The van der Waals surface area contributed by atoms with Crippen LogP contribution in [-0.4, -0.2) is 23.4 Å². The molecule has 0 heterocycles. The normalized spacial score (nSPS) is 15.4. The van der Waals surface area contributed by atoms with Crippen LogP contribution in [0.3, 0.4) is 0 Å². The van der Waals surface area contributed by atoms with Gasteiger partial charge < -0.3 is 0 Å². The molecule has 1 atom stereocenters. The minimum Gasteiger partial charge on any atom is -0.295 e. The van der Waals surface area contributed by atoms with Crippen LogP contribution in [0.5, 0.6) is 0 Å². The Bertz CT molecular complexity index is 155. The highest BCUT2D eigenvalue weighted by molar-refractivity contribution is 9.10. The Morgan fingerprint density at radius 1 is 0.875 bits per heavy atom. The summed E-state index contributed by atoms with van der Waals surface area (Å²) in [6, 6.07) is 0. The second-order valence-electron chi connectivity index (χ2n) is 5.26. The predicted octanol–water partition coefficient (Wildman–Crippen LogP) is 5.19. The first-order chi connectivity index (χ1) is 7.50. The van der Waals surface area contributed by atoms with E-state index in [4.69, 9.17) is 0 Å². The monoisotopic (exact) mass is 291 g/mol. The molecule has 16 heavy (non-hydrogen) atoms. The van der Waals surface area contributed by atoms with Gasteiger partial charge in [0, 0.05) is 0 Å². The van der Waals surface area contributed by atoms with Crippen LogP contribution in [0.4, 0.5) is 0 Å². The highest BCUT2D eigenvalue weighted by Gasteiger charge is 2.21. The zero-order valence-electron chi connectivity index (χ0n) is 11.7. The first-order valence-corrected chi connectivity index (χ1v) is 7.66. The van der Waals surface area contributed by atoms with Crippen LogP contribution >= 0.6 is 15.9 Å². The first kappa shape index (κ1) is 16.4. The summed E-state index contributed by atoms with van der Waals surface area (Å²) in [6.07, 6.45) is 12.5. The third kappa shape index (κ3) is 8.58. The molecule has 0 radical (unpaired) electrons. The van der Waals surface area contributed by atoms with Crippen LogP contribution in [-0.2, 0) is 0 Å². The van der Waals surface area contributed by atoms with Crippen molar-refractivity contribution in [3.05, 3.63) is 0 Å². The smallest absolute Gasteiger partial charge is 0.0733 e. The van der Waals surface area contributed by atoms with Crippen molar-refractivity contribution < 1.29 is 0 Å². The number of halogens is 1. The van der Waals surface area contributed by atoms with E-state index >= 15 is 0 Å². The largest absolute Gasteiger partial charge is 0.295 e. The van der Waals surface area contributed by atoms with E-state index in [1.54, 1.807) is 0 Å². The van der Waals surface area contributed by atoms with E-state index < -0.39 is 0 Å². The second kappa shape index (κ2) is 9.47. The van der Waals surface area contributed by atoms with Crippen LogP contribution in [0.1, 0.15) is 71.6 Å². The van der Waals surface area contributed by atoms with Crippen LogP contribution in [0.15, 0.2) is 0 Å². The standard InChI is InChI=1S/C14H30BrN/c1-5-6-7-8-9-10-11-12-13-14(2,15)16(3)4/h5-13H2,1-4H3. The minimum atomic E-state index is 0.190. The fourth-order valence-corrected chi connectivity index (χ4v) is 2.09. The van der Waals surface area contributed by atoms with Gasteiger partial charge in [0.05, 0.1) is 4.45 Å². The van der Waals surface area contributed by atoms with E-state index in [1.807, 2.05) is 0 Å². The molecule has 1 nitrogen and oxygen atoms in total. The fourth-order valence-electron chi connectivity index (χ4n) is 1.81. The predicted molar refractivity (Wildman–Crippen MR) is 78.2 cm³/mol. The molecule has 0 bridgehead atoms. The van der Waals surface area contributed by atoms with E-state index in [9.17, 15) is 0 Å². The van der Waals surface area contributed by atoms with Crippen LogP contribution in [0, 0.1) is 0 Å². The van der Waals surface area contributed by atoms with Gasteiger partial charge in [0.15, 0.2) is 0 Å². The number of alkyl halides is 1. The molecule has 0 amide bonds. The molecular weight excluding hydrogens is 262 g/mol. The maximum absolute atomic E-state index is 3.78. The molecule has 0 aliphatic rings. The van der Waals surface area contributed by atoms with Gasteiger partial charge in [0.2, 0.25) is 0 Å². The van der Waals surface area contributed by atoms with Gasteiger partial charge in [0.25, 0.3) is 0 Å². The van der Waals surface area contributed by atoms with Gasteiger partial charge in [-0.15, -0.1) is 0 Å². The van der Waals surface area contributed by atoms with Crippen molar-refractivity contribution in [2.75, 3.05) is 14.1 Å². The van der Waals surface area contributed by atoms with Crippen LogP contribution in [0.2, 0.25) is 0 Å². The average molecular weight is 292 g/mol. The average Bonchev–Trinajstić information content (AvgIpc) is 2.21. The summed E-state index contributed by atoms with van der Waals surface area (Å²) in [4.78, 5) is 2.26. The Morgan fingerprint density at radius 2 is 1.31 bits per heavy atom. The molecule has 0 saturated carbocycles. The van der Waals surface area contributed by atoms with E-state index in [2.05, 4.69) is 48.8 Å². The van der Waals surface area contributed by atoms with Crippen molar-refractivity contribution >= 4 is 15.9 Å². The highest BCUT2D eigenvalue weighted by atomic mass is 79.9. The molecule has 0 aromatic rings. The molecule has 98 valence electrons. The van der Waals surface area contributed by atoms with Crippen molar-refractivity contribution in [2.45, 2.75) is 76.1 Å². The molecule has 2 heteroatoms. The van der Waals surface area contributed by atoms with E-state index in [-0.39, 0.29) is 4.45 Å². The minimum absolute atomic E-state index is 0.190. The molecule has 0 aliphatic heterocycles. The lowest BCUT2D eigenvalue weighted by Crippen LogP contribution is -2.34. The maximum Gasteiger partial charge on any atom is 0.0733 e. The van der Waals surface area contributed by atoms with Gasteiger partial charge in [-0.25, -0.2) is 0 Å². The Hall–Kier alpha value is 0.440. The summed E-state index contributed by atoms with van der Waals surface area (Å²) in [7, 11) is 4.28. The lowest BCUT2D eigenvalue weighted by atomic mass is 10.0. The zero-order valence-corrected chi connectivity index (χ0v) is 13.3. The molecule has 0 spiro atoms. The van der Waals surface area contributed by atoms with Gasteiger partial charge in [-0.2, -0.15) is 0 Å². The molecular formula is C14H30BrN. The number of nitrogens with zero attached hydrogens (tertiary/aromatic N) is 1. The van der Waals surface area contributed by atoms with Gasteiger partial charge in [0.1, 0.15) is 0 Å². The molecule has 0 N–H and O–H groups in total. The van der Waals surface area contributed by atoms with E-state index in [0.717, 1.165) is 0 Å². The fraction of sp³-hybridized carbons (Fsp3) is 1.00. The lowest BCUT2D eigenvalue weighted by molar-refractivity contribution is 0.263. The molecule has 1 unspecified atom stereocenters. The third-order valence-corrected chi connectivity index (χ3v) is 4.52. The highest BCUT2D eigenvalue weighted by Crippen LogP contribution is 2.26. The zero-order chi connectivity index (χ0) is 12.4. The maximum atomic E-state index is 3.78. The summed E-state index contributed by atoms with van der Waals surface area (Å²) in [5, 5.41) is 0. The van der Waals surface area contributed by atoms with Gasteiger partial charge in [-0.05, 0) is 27.4 Å². The summed E-state index contributed by atoms with van der Waals surface area (Å²) in [5.41, 5.74) is 0. The summed E-state index contributed by atoms with van der Waals surface area (Å²) in [5.74, 6) is 0.